The second kappa shape index (κ2) is 13.7. The number of rotatable bonds is 12. The van der Waals surface area contributed by atoms with Crippen molar-refractivity contribution in [2.45, 2.75) is 38.6 Å². The molecule has 3 aromatic carbocycles. The number of carbonyl (C=O) groups excluding carboxylic acids is 1. The van der Waals surface area contributed by atoms with Crippen LogP contribution in [-0.4, -0.2) is 73.9 Å². The number of anilines is 1. The quantitative estimate of drug-likeness (QED) is 0.294. The average Bonchev–Trinajstić information content (AvgIpc) is 3.62. The minimum atomic E-state index is -0.952. The first-order chi connectivity index (χ1) is 21.2. The van der Waals surface area contributed by atoms with Crippen molar-refractivity contribution in [1.82, 2.24) is 9.80 Å². The highest BCUT2D eigenvalue weighted by atomic mass is 19.1. The van der Waals surface area contributed by atoms with E-state index >= 15 is 0 Å². The molecule has 0 radical (unpaired) electrons. The Morgan fingerprint density at radius 2 is 1.66 bits per heavy atom. The van der Waals surface area contributed by atoms with E-state index in [0.29, 0.717) is 48.9 Å². The van der Waals surface area contributed by atoms with E-state index in [0.717, 1.165) is 28.8 Å². The van der Waals surface area contributed by atoms with Gasteiger partial charge in [-0.1, -0.05) is 32.0 Å². The Hall–Kier alpha value is -4.15. The molecule has 0 aliphatic carbocycles. The minimum Gasteiger partial charge on any atom is -0.492 e. The van der Waals surface area contributed by atoms with Crippen molar-refractivity contribution in [2.24, 2.45) is 5.92 Å². The Bertz CT molecular complexity index is 1470. The van der Waals surface area contributed by atoms with Crippen LogP contribution in [0.2, 0.25) is 0 Å². The maximum Gasteiger partial charge on any atom is 0.309 e. The Morgan fingerprint density at radius 3 is 2.30 bits per heavy atom. The fraction of sp³-hybridized carbons (Fsp3) is 0.412. The molecular formula is C34H40FN3O6. The SMILES string of the molecule is CCc1cc(F)cc(CC)c1NC(=O)CN1C[C@H](c2ccc3c(c2)OCO3)C(C(=O)O)[C@@H]1c1ccc(OCCN(C)C)cc1. The highest BCUT2D eigenvalue weighted by Crippen LogP contribution is 2.47. The van der Waals surface area contributed by atoms with E-state index in [1.54, 1.807) is 6.07 Å². The zero-order chi connectivity index (χ0) is 31.4. The van der Waals surface area contributed by atoms with Gasteiger partial charge in [0.2, 0.25) is 12.7 Å². The number of benzene rings is 3. The van der Waals surface area contributed by atoms with Crippen LogP contribution in [0.3, 0.4) is 0 Å². The zero-order valence-corrected chi connectivity index (χ0v) is 25.6. The first-order valence-corrected chi connectivity index (χ1v) is 15.0. The molecule has 2 N–H and O–H groups in total. The standard InChI is InChI=1S/C34H40FN3O6/c1-5-21-15-25(35)16-22(6-2)32(21)36-30(39)19-38-18-27(24-9-12-28-29(17-24)44-20-43-28)31(34(40)41)33(38)23-7-10-26(11-8-23)42-14-13-37(3)4/h7-12,15-17,27,31,33H,5-6,13-14,18-20H2,1-4H3,(H,36,39)(H,40,41)/t27-,31?,33+/m1/s1. The number of amides is 1. The molecule has 1 saturated heterocycles. The third-order valence-corrected chi connectivity index (χ3v) is 8.38. The normalized spacial score (nSPS) is 19.4. The number of hydrogen-bond donors (Lipinski definition) is 2. The van der Waals surface area contributed by atoms with Crippen LogP contribution < -0.4 is 19.5 Å². The second-order valence-corrected chi connectivity index (χ2v) is 11.5. The van der Waals surface area contributed by atoms with Crippen LogP contribution in [0.25, 0.3) is 0 Å². The molecule has 9 nitrogen and oxygen atoms in total. The summed E-state index contributed by atoms with van der Waals surface area (Å²) in [6.07, 6.45) is 1.12. The van der Waals surface area contributed by atoms with Gasteiger partial charge in [0.25, 0.3) is 0 Å². The maximum atomic E-state index is 14.2. The Labute approximate surface area is 257 Å². The van der Waals surface area contributed by atoms with Crippen molar-refractivity contribution in [3.05, 3.63) is 82.7 Å². The highest BCUT2D eigenvalue weighted by molar-refractivity contribution is 5.94. The summed E-state index contributed by atoms with van der Waals surface area (Å²) in [7, 11) is 3.95. The minimum absolute atomic E-state index is 0.0414. The van der Waals surface area contributed by atoms with Gasteiger partial charge in [0.1, 0.15) is 18.2 Å². The van der Waals surface area contributed by atoms with Crippen LogP contribution in [0.1, 0.15) is 48.1 Å². The number of aryl methyl sites for hydroxylation is 2. The number of ether oxygens (including phenoxy) is 3. The molecule has 2 heterocycles. The number of aliphatic carboxylic acids is 1. The summed E-state index contributed by atoms with van der Waals surface area (Å²) < 4.78 is 31.1. The first-order valence-electron chi connectivity index (χ1n) is 15.0. The first kappa shape index (κ1) is 31.3. The average molecular weight is 606 g/mol. The number of hydrogen-bond acceptors (Lipinski definition) is 7. The number of nitrogens with one attached hydrogen (secondary N) is 1. The molecular weight excluding hydrogens is 565 g/mol. The number of fused-ring (bicyclic) bond motifs is 1. The molecule has 234 valence electrons. The Kier molecular flexibility index (Phi) is 9.71. The van der Waals surface area contributed by atoms with Gasteiger partial charge in [-0.3, -0.25) is 14.5 Å². The van der Waals surface area contributed by atoms with Gasteiger partial charge < -0.3 is 29.5 Å². The van der Waals surface area contributed by atoms with Gasteiger partial charge in [0.15, 0.2) is 11.5 Å². The lowest BCUT2D eigenvalue weighted by Crippen LogP contribution is -2.35. The van der Waals surface area contributed by atoms with E-state index in [4.69, 9.17) is 14.2 Å². The molecule has 10 heteroatoms. The van der Waals surface area contributed by atoms with Crippen LogP contribution in [0, 0.1) is 11.7 Å². The second-order valence-electron chi connectivity index (χ2n) is 11.5. The maximum absolute atomic E-state index is 14.2. The molecule has 0 spiro atoms. The molecule has 0 aromatic heterocycles. The van der Waals surface area contributed by atoms with Crippen molar-refractivity contribution >= 4 is 17.6 Å². The van der Waals surface area contributed by atoms with E-state index in [2.05, 4.69) is 5.32 Å². The summed E-state index contributed by atoms with van der Waals surface area (Å²) >= 11 is 0. The number of carboxylic acids is 1. The summed E-state index contributed by atoms with van der Waals surface area (Å²) in [6, 6.07) is 15.3. The largest absolute Gasteiger partial charge is 0.492 e. The van der Waals surface area contributed by atoms with Crippen molar-refractivity contribution in [3.8, 4) is 17.2 Å². The van der Waals surface area contributed by atoms with E-state index in [9.17, 15) is 19.1 Å². The van der Waals surface area contributed by atoms with E-state index < -0.39 is 23.8 Å². The van der Waals surface area contributed by atoms with Gasteiger partial charge >= 0.3 is 5.97 Å². The van der Waals surface area contributed by atoms with E-state index in [-0.39, 0.29) is 25.1 Å². The van der Waals surface area contributed by atoms with Gasteiger partial charge in [0, 0.05) is 30.7 Å². The molecule has 0 bridgehead atoms. The smallest absolute Gasteiger partial charge is 0.309 e. The van der Waals surface area contributed by atoms with Gasteiger partial charge in [-0.25, -0.2) is 4.39 Å². The van der Waals surface area contributed by atoms with Crippen LogP contribution in [0.4, 0.5) is 10.1 Å². The van der Waals surface area contributed by atoms with Crippen LogP contribution in [0.15, 0.2) is 54.6 Å². The third-order valence-electron chi connectivity index (χ3n) is 8.38. The molecule has 5 rings (SSSR count). The molecule has 2 aliphatic rings. The lowest BCUT2D eigenvalue weighted by atomic mass is 9.82. The molecule has 1 unspecified atom stereocenters. The summed E-state index contributed by atoms with van der Waals surface area (Å²) in [5, 5.41) is 13.6. The lowest BCUT2D eigenvalue weighted by Gasteiger charge is -2.27. The summed E-state index contributed by atoms with van der Waals surface area (Å²) in [5.41, 5.74) is 3.65. The van der Waals surface area contributed by atoms with Crippen LogP contribution >= 0.6 is 0 Å². The van der Waals surface area contributed by atoms with Crippen molar-refractivity contribution in [3.63, 3.8) is 0 Å². The van der Waals surface area contributed by atoms with Gasteiger partial charge in [-0.05, 0) is 85.6 Å². The van der Waals surface area contributed by atoms with Crippen LogP contribution in [-0.2, 0) is 22.4 Å². The number of likely N-dealkylation sites (N-methyl/N-ethyl adjacent to an activating group) is 1. The Balaban J connectivity index is 1.45. The lowest BCUT2D eigenvalue weighted by molar-refractivity contribution is -0.143. The molecule has 3 atom stereocenters. The van der Waals surface area contributed by atoms with E-state index in [1.807, 2.05) is 74.1 Å². The van der Waals surface area contributed by atoms with E-state index in [1.165, 1.54) is 12.1 Å². The number of carboxylic acid groups (broad SMARTS) is 1. The summed E-state index contributed by atoms with van der Waals surface area (Å²) in [6.45, 7) is 5.53. The number of halogens is 1. The number of carbonyl (C=O) groups is 2. The van der Waals surface area contributed by atoms with Crippen molar-refractivity contribution in [2.75, 3.05) is 52.4 Å². The van der Waals surface area contributed by atoms with Gasteiger partial charge in [-0.15, -0.1) is 0 Å². The number of likely N-dealkylation sites (tertiary alicyclic amines) is 1. The topological polar surface area (TPSA) is 101 Å². The van der Waals surface area contributed by atoms with Gasteiger partial charge in [0.05, 0.1) is 12.5 Å². The zero-order valence-electron chi connectivity index (χ0n) is 25.6. The Morgan fingerprint density at radius 1 is 1.00 bits per heavy atom. The molecule has 44 heavy (non-hydrogen) atoms. The molecule has 0 saturated carbocycles. The number of nitrogens with zero attached hydrogens (tertiary/aromatic N) is 2. The molecule has 1 amide bonds. The third kappa shape index (κ3) is 6.81. The molecule has 1 fully saturated rings. The van der Waals surface area contributed by atoms with Crippen molar-refractivity contribution < 1.29 is 33.3 Å². The fourth-order valence-electron chi connectivity index (χ4n) is 6.19. The predicted molar refractivity (Wildman–Crippen MR) is 165 cm³/mol. The fourth-order valence-corrected chi connectivity index (χ4v) is 6.19. The molecule has 2 aliphatic heterocycles. The van der Waals surface area contributed by atoms with Crippen LogP contribution in [0.5, 0.6) is 17.2 Å². The van der Waals surface area contributed by atoms with Gasteiger partial charge in [-0.2, -0.15) is 0 Å². The highest BCUT2D eigenvalue weighted by Gasteiger charge is 2.48. The van der Waals surface area contributed by atoms with Crippen molar-refractivity contribution in [1.29, 1.82) is 0 Å². The predicted octanol–water partition coefficient (Wildman–Crippen LogP) is 5.10. The monoisotopic (exact) mass is 605 g/mol. The summed E-state index contributed by atoms with van der Waals surface area (Å²) in [4.78, 5) is 30.5. The summed E-state index contributed by atoms with van der Waals surface area (Å²) in [5.74, 6) is -0.944. The molecule has 3 aromatic rings.